The van der Waals surface area contributed by atoms with Gasteiger partial charge in [0.1, 0.15) is 6.10 Å². The molecule has 1 fully saturated rings. The minimum Gasteiger partial charge on any atom is -0.486 e. The zero-order valence-electron chi connectivity index (χ0n) is 11.6. The largest absolute Gasteiger partial charge is 0.486 e. The highest BCUT2D eigenvalue weighted by Crippen LogP contribution is 2.35. The molecular weight excluding hydrogens is 295 g/mol. The Kier molecular flexibility index (Phi) is 3.98. The summed E-state index contributed by atoms with van der Waals surface area (Å²) < 4.78 is 44.6. The molecule has 7 heteroatoms. The van der Waals surface area contributed by atoms with Gasteiger partial charge in [-0.3, -0.25) is 0 Å². The van der Waals surface area contributed by atoms with Crippen molar-refractivity contribution >= 4 is 0 Å². The topological polar surface area (TPSA) is 47.0 Å². The van der Waals surface area contributed by atoms with E-state index >= 15 is 0 Å². The van der Waals surface area contributed by atoms with E-state index in [-0.39, 0.29) is 17.5 Å². The van der Waals surface area contributed by atoms with E-state index in [0.717, 1.165) is 25.6 Å². The molecular formula is C15H14F3N3O. The van der Waals surface area contributed by atoms with Crippen molar-refractivity contribution in [2.45, 2.75) is 18.7 Å². The van der Waals surface area contributed by atoms with Crippen LogP contribution in [0.5, 0.6) is 5.75 Å². The Morgan fingerprint density at radius 1 is 1.14 bits per heavy atom. The molecule has 2 aromatic rings. The standard InChI is InChI=1S/C15H14F3N3O/c16-15(17,18)13-4-2-1-3-12(13)14-20-8-11(9-21-14)22-10-5-6-19-7-10/h1-4,8-10,19H,5-7H2. The van der Waals surface area contributed by atoms with Crippen molar-refractivity contribution in [2.24, 2.45) is 0 Å². The predicted octanol–water partition coefficient (Wildman–Crippen LogP) is 2.90. The first-order valence-corrected chi connectivity index (χ1v) is 6.90. The summed E-state index contributed by atoms with van der Waals surface area (Å²) in [7, 11) is 0. The van der Waals surface area contributed by atoms with E-state index in [0.29, 0.717) is 5.75 Å². The Morgan fingerprint density at radius 3 is 2.50 bits per heavy atom. The summed E-state index contributed by atoms with van der Waals surface area (Å²) in [6.07, 6.45) is -0.679. The Balaban J connectivity index is 1.84. The number of aromatic nitrogens is 2. The normalized spacial score (nSPS) is 18.4. The molecule has 0 saturated carbocycles. The highest BCUT2D eigenvalue weighted by molar-refractivity contribution is 5.61. The van der Waals surface area contributed by atoms with Gasteiger partial charge in [-0.1, -0.05) is 18.2 Å². The van der Waals surface area contributed by atoms with E-state index in [1.54, 1.807) is 0 Å². The molecule has 0 bridgehead atoms. The van der Waals surface area contributed by atoms with Gasteiger partial charge in [-0.2, -0.15) is 13.2 Å². The van der Waals surface area contributed by atoms with Gasteiger partial charge >= 0.3 is 6.18 Å². The zero-order valence-corrected chi connectivity index (χ0v) is 11.6. The third kappa shape index (κ3) is 3.19. The van der Waals surface area contributed by atoms with E-state index < -0.39 is 11.7 Å². The highest BCUT2D eigenvalue weighted by atomic mass is 19.4. The maximum Gasteiger partial charge on any atom is 0.417 e. The Hall–Kier alpha value is -2.15. The summed E-state index contributed by atoms with van der Waals surface area (Å²) in [5, 5.41) is 3.16. The lowest BCUT2D eigenvalue weighted by Gasteiger charge is -2.13. The summed E-state index contributed by atoms with van der Waals surface area (Å²) in [6.45, 7) is 1.64. The minimum absolute atomic E-state index is 0.0322. The number of hydrogen-bond donors (Lipinski definition) is 1. The summed E-state index contributed by atoms with van der Waals surface area (Å²) in [5.41, 5.74) is -0.784. The number of nitrogens with zero attached hydrogens (tertiary/aromatic N) is 2. The molecule has 1 aliphatic heterocycles. The van der Waals surface area contributed by atoms with E-state index in [4.69, 9.17) is 4.74 Å². The molecule has 2 heterocycles. The molecule has 0 amide bonds. The molecule has 0 spiro atoms. The van der Waals surface area contributed by atoms with Gasteiger partial charge in [-0.05, 0) is 19.0 Å². The van der Waals surface area contributed by atoms with Crippen LogP contribution in [0.25, 0.3) is 11.4 Å². The predicted molar refractivity (Wildman–Crippen MR) is 74.4 cm³/mol. The van der Waals surface area contributed by atoms with Crippen molar-refractivity contribution in [3.05, 3.63) is 42.2 Å². The number of nitrogens with one attached hydrogen (secondary N) is 1. The van der Waals surface area contributed by atoms with Crippen LogP contribution >= 0.6 is 0 Å². The fraction of sp³-hybridized carbons (Fsp3) is 0.333. The van der Waals surface area contributed by atoms with Crippen LogP contribution in [0.2, 0.25) is 0 Å². The number of ether oxygens (including phenoxy) is 1. The van der Waals surface area contributed by atoms with Gasteiger partial charge < -0.3 is 10.1 Å². The van der Waals surface area contributed by atoms with E-state index in [1.165, 1.54) is 30.6 Å². The third-order valence-electron chi connectivity index (χ3n) is 3.42. The van der Waals surface area contributed by atoms with E-state index in [1.807, 2.05) is 0 Å². The summed E-state index contributed by atoms with van der Waals surface area (Å²) in [4.78, 5) is 8.02. The Morgan fingerprint density at radius 2 is 1.86 bits per heavy atom. The lowest BCUT2D eigenvalue weighted by molar-refractivity contribution is -0.137. The van der Waals surface area contributed by atoms with Gasteiger partial charge in [0.2, 0.25) is 0 Å². The van der Waals surface area contributed by atoms with Crippen LogP contribution in [-0.4, -0.2) is 29.2 Å². The second-order valence-electron chi connectivity index (χ2n) is 5.02. The van der Waals surface area contributed by atoms with E-state index in [2.05, 4.69) is 15.3 Å². The van der Waals surface area contributed by atoms with Crippen molar-refractivity contribution in [3.63, 3.8) is 0 Å². The molecule has 1 aromatic heterocycles. The lowest BCUT2D eigenvalue weighted by Crippen LogP contribution is -2.19. The molecule has 22 heavy (non-hydrogen) atoms. The van der Waals surface area contributed by atoms with Crippen LogP contribution in [0.1, 0.15) is 12.0 Å². The highest BCUT2D eigenvalue weighted by Gasteiger charge is 2.34. The first-order valence-electron chi connectivity index (χ1n) is 6.90. The smallest absolute Gasteiger partial charge is 0.417 e. The number of benzene rings is 1. The Labute approximate surface area is 125 Å². The molecule has 4 nitrogen and oxygen atoms in total. The minimum atomic E-state index is -4.44. The first kappa shape index (κ1) is 14.8. The van der Waals surface area contributed by atoms with Crippen molar-refractivity contribution in [3.8, 4) is 17.1 Å². The van der Waals surface area contributed by atoms with Gasteiger partial charge in [-0.25, -0.2) is 9.97 Å². The van der Waals surface area contributed by atoms with Crippen molar-refractivity contribution in [2.75, 3.05) is 13.1 Å². The molecule has 1 N–H and O–H groups in total. The second kappa shape index (κ2) is 5.92. The van der Waals surface area contributed by atoms with Crippen LogP contribution in [-0.2, 0) is 6.18 Å². The molecule has 1 atom stereocenters. The average molecular weight is 309 g/mol. The average Bonchev–Trinajstić information content (AvgIpc) is 3.00. The number of alkyl halides is 3. The van der Waals surface area contributed by atoms with Crippen molar-refractivity contribution in [1.82, 2.24) is 15.3 Å². The lowest BCUT2D eigenvalue weighted by atomic mass is 10.1. The molecule has 116 valence electrons. The van der Waals surface area contributed by atoms with E-state index in [9.17, 15) is 13.2 Å². The SMILES string of the molecule is FC(F)(F)c1ccccc1-c1ncc(OC2CCNC2)cn1. The fourth-order valence-corrected chi connectivity index (χ4v) is 2.36. The molecule has 0 aliphatic carbocycles. The number of hydrogen-bond acceptors (Lipinski definition) is 4. The van der Waals surface area contributed by atoms with Crippen LogP contribution < -0.4 is 10.1 Å². The fourth-order valence-electron chi connectivity index (χ4n) is 2.36. The van der Waals surface area contributed by atoms with Crippen LogP contribution in [0, 0.1) is 0 Å². The first-order chi connectivity index (χ1) is 10.5. The van der Waals surface area contributed by atoms with Crippen LogP contribution in [0.3, 0.4) is 0 Å². The van der Waals surface area contributed by atoms with Gasteiger partial charge in [-0.15, -0.1) is 0 Å². The molecule has 1 aliphatic rings. The van der Waals surface area contributed by atoms with Gasteiger partial charge in [0, 0.05) is 12.1 Å². The second-order valence-corrected chi connectivity index (χ2v) is 5.02. The summed E-state index contributed by atoms with van der Waals surface area (Å²) in [6, 6.07) is 5.26. The van der Waals surface area contributed by atoms with Gasteiger partial charge in [0.25, 0.3) is 0 Å². The van der Waals surface area contributed by atoms with Crippen LogP contribution in [0.15, 0.2) is 36.7 Å². The molecule has 0 radical (unpaired) electrons. The van der Waals surface area contributed by atoms with Gasteiger partial charge in [0.05, 0.1) is 18.0 Å². The zero-order chi connectivity index (χ0) is 15.6. The summed E-state index contributed by atoms with van der Waals surface area (Å²) in [5.74, 6) is 0.492. The molecule has 1 aromatic carbocycles. The molecule has 1 unspecified atom stereocenters. The van der Waals surface area contributed by atoms with Crippen molar-refractivity contribution < 1.29 is 17.9 Å². The monoisotopic (exact) mass is 309 g/mol. The third-order valence-corrected chi connectivity index (χ3v) is 3.42. The number of halogens is 3. The maximum absolute atomic E-state index is 13.0. The molecule has 1 saturated heterocycles. The molecule has 3 rings (SSSR count). The van der Waals surface area contributed by atoms with Crippen LogP contribution in [0.4, 0.5) is 13.2 Å². The van der Waals surface area contributed by atoms with Gasteiger partial charge in [0.15, 0.2) is 11.6 Å². The van der Waals surface area contributed by atoms with Crippen molar-refractivity contribution in [1.29, 1.82) is 0 Å². The Bertz CT molecular complexity index is 637. The maximum atomic E-state index is 13.0. The number of rotatable bonds is 3. The quantitative estimate of drug-likeness (QED) is 0.947. The summed E-state index contributed by atoms with van der Waals surface area (Å²) >= 11 is 0.